The molecule has 0 aliphatic carbocycles. The minimum atomic E-state index is 0.626. The molecule has 1 rings (SSSR count). The van der Waals surface area contributed by atoms with E-state index in [4.69, 9.17) is 4.84 Å². The second-order valence-electron chi connectivity index (χ2n) is 2.12. The van der Waals surface area contributed by atoms with Gasteiger partial charge in [0.25, 0.3) is 0 Å². The molecule has 0 aromatic carbocycles. The lowest BCUT2D eigenvalue weighted by Crippen LogP contribution is -1.82. The Balaban J connectivity index is 2.56. The molecule has 0 saturated carbocycles. The average molecular weight is 169 g/mol. The number of rotatable bonds is 3. The van der Waals surface area contributed by atoms with Gasteiger partial charge in [-0.1, -0.05) is 5.16 Å². The van der Waals surface area contributed by atoms with E-state index in [0.29, 0.717) is 6.61 Å². The summed E-state index contributed by atoms with van der Waals surface area (Å²) in [6.07, 6.45) is 1.75. The zero-order chi connectivity index (χ0) is 8.10. The number of oxime groups is 1. The molecule has 0 spiro atoms. The predicted octanol–water partition coefficient (Wildman–Crippen LogP) is 2.43. The third-order valence-electron chi connectivity index (χ3n) is 1.28. The van der Waals surface area contributed by atoms with Crippen molar-refractivity contribution in [1.29, 1.82) is 0 Å². The normalized spacial score (nSPS) is 10.7. The topological polar surface area (TPSA) is 21.6 Å². The van der Waals surface area contributed by atoms with E-state index in [1.165, 1.54) is 10.4 Å². The highest BCUT2D eigenvalue weighted by atomic mass is 32.1. The number of nitrogens with zero attached hydrogens (tertiary/aromatic N) is 1. The zero-order valence-corrected chi connectivity index (χ0v) is 7.52. The van der Waals surface area contributed by atoms with Crippen LogP contribution in [0.15, 0.2) is 16.6 Å². The maximum absolute atomic E-state index is 4.84. The summed E-state index contributed by atoms with van der Waals surface area (Å²) in [6.45, 7) is 4.60. The Morgan fingerprint density at radius 2 is 2.55 bits per heavy atom. The van der Waals surface area contributed by atoms with E-state index < -0.39 is 0 Å². The molecule has 0 radical (unpaired) electrons. The molecule has 2 nitrogen and oxygen atoms in total. The summed E-state index contributed by atoms with van der Waals surface area (Å²) in [5.41, 5.74) is 1.25. The van der Waals surface area contributed by atoms with Crippen molar-refractivity contribution in [3.63, 3.8) is 0 Å². The summed E-state index contributed by atoms with van der Waals surface area (Å²) < 4.78 is 0. The second-order valence-corrected chi connectivity index (χ2v) is 3.07. The Hall–Kier alpha value is -0.830. The molecule has 0 amide bonds. The van der Waals surface area contributed by atoms with Crippen molar-refractivity contribution in [2.24, 2.45) is 5.16 Å². The summed E-state index contributed by atoms with van der Waals surface area (Å²) in [4.78, 5) is 6.00. The molecule has 0 bridgehead atoms. The summed E-state index contributed by atoms with van der Waals surface area (Å²) >= 11 is 1.67. The maximum Gasteiger partial charge on any atom is 0.114 e. The molecule has 0 N–H and O–H groups in total. The van der Waals surface area contributed by atoms with Crippen LogP contribution in [-0.2, 0) is 4.84 Å². The minimum absolute atomic E-state index is 0.626. The monoisotopic (exact) mass is 169 g/mol. The van der Waals surface area contributed by atoms with E-state index in [2.05, 4.69) is 18.1 Å². The molecular formula is C8H11NOS. The largest absolute Gasteiger partial charge is 0.396 e. The summed E-state index contributed by atoms with van der Waals surface area (Å²) in [5, 5.41) is 5.82. The molecule has 0 unspecified atom stereocenters. The Bertz CT molecular complexity index is 242. The predicted molar refractivity (Wildman–Crippen MR) is 48.3 cm³/mol. The summed E-state index contributed by atoms with van der Waals surface area (Å²) in [5.74, 6) is 0. The first kappa shape index (κ1) is 8.27. The van der Waals surface area contributed by atoms with Gasteiger partial charge in [-0.3, -0.25) is 0 Å². The summed E-state index contributed by atoms with van der Waals surface area (Å²) in [7, 11) is 0. The Labute approximate surface area is 70.5 Å². The molecule has 0 aliphatic rings. The van der Waals surface area contributed by atoms with Gasteiger partial charge in [0.15, 0.2) is 0 Å². The molecule has 1 aromatic heterocycles. The van der Waals surface area contributed by atoms with Crippen LogP contribution in [0.2, 0.25) is 0 Å². The van der Waals surface area contributed by atoms with Crippen molar-refractivity contribution in [3.05, 3.63) is 21.9 Å². The van der Waals surface area contributed by atoms with Crippen molar-refractivity contribution >= 4 is 17.6 Å². The van der Waals surface area contributed by atoms with Crippen molar-refractivity contribution in [1.82, 2.24) is 0 Å². The highest BCUT2D eigenvalue weighted by molar-refractivity contribution is 7.11. The number of hydrogen-bond donors (Lipinski definition) is 0. The van der Waals surface area contributed by atoms with Crippen LogP contribution in [0.1, 0.15) is 17.4 Å². The van der Waals surface area contributed by atoms with Crippen LogP contribution < -0.4 is 0 Å². The Morgan fingerprint density at radius 1 is 1.73 bits per heavy atom. The van der Waals surface area contributed by atoms with Crippen molar-refractivity contribution in [2.45, 2.75) is 13.8 Å². The van der Waals surface area contributed by atoms with Gasteiger partial charge in [-0.25, -0.2) is 0 Å². The van der Waals surface area contributed by atoms with Gasteiger partial charge in [-0.2, -0.15) is 0 Å². The third-order valence-corrected chi connectivity index (χ3v) is 2.23. The van der Waals surface area contributed by atoms with Crippen LogP contribution in [0, 0.1) is 6.92 Å². The lowest BCUT2D eigenvalue weighted by atomic mass is 10.3. The van der Waals surface area contributed by atoms with Crippen LogP contribution in [0.4, 0.5) is 0 Å². The van der Waals surface area contributed by atoms with Gasteiger partial charge in [-0.15, -0.1) is 11.3 Å². The minimum Gasteiger partial charge on any atom is -0.396 e. The lowest BCUT2D eigenvalue weighted by Gasteiger charge is -1.90. The van der Waals surface area contributed by atoms with Gasteiger partial charge in [0.1, 0.15) is 6.61 Å². The third kappa shape index (κ3) is 2.35. The fourth-order valence-electron chi connectivity index (χ4n) is 0.676. The number of hydrogen-bond acceptors (Lipinski definition) is 3. The number of aryl methyl sites for hydroxylation is 1. The van der Waals surface area contributed by atoms with Gasteiger partial charge in [-0.05, 0) is 30.9 Å². The molecular weight excluding hydrogens is 158 g/mol. The van der Waals surface area contributed by atoms with Gasteiger partial charge in [0, 0.05) is 0 Å². The first-order valence-electron chi connectivity index (χ1n) is 3.54. The zero-order valence-electron chi connectivity index (χ0n) is 6.70. The number of thiophene rings is 1. The average Bonchev–Trinajstić information content (AvgIpc) is 2.37. The van der Waals surface area contributed by atoms with E-state index in [1.807, 2.05) is 12.3 Å². The second kappa shape index (κ2) is 4.13. The van der Waals surface area contributed by atoms with E-state index in [0.717, 1.165) is 0 Å². The van der Waals surface area contributed by atoms with Crippen LogP contribution in [-0.4, -0.2) is 12.8 Å². The van der Waals surface area contributed by atoms with Gasteiger partial charge >= 0.3 is 0 Å². The fourth-order valence-corrected chi connectivity index (χ4v) is 1.45. The summed E-state index contributed by atoms with van der Waals surface area (Å²) in [6, 6.07) is 2.07. The van der Waals surface area contributed by atoms with Crippen LogP contribution in [0.5, 0.6) is 0 Å². The van der Waals surface area contributed by atoms with Crippen LogP contribution in [0.3, 0.4) is 0 Å². The highest BCUT2D eigenvalue weighted by Crippen LogP contribution is 2.12. The van der Waals surface area contributed by atoms with Gasteiger partial charge in [0.2, 0.25) is 0 Å². The van der Waals surface area contributed by atoms with Crippen LogP contribution in [0.25, 0.3) is 0 Å². The first-order chi connectivity index (χ1) is 5.34. The van der Waals surface area contributed by atoms with Gasteiger partial charge in [0.05, 0.1) is 11.1 Å². The molecule has 0 aliphatic heterocycles. The molecule has 11 heavy (non-hydrogen) atoms. The lowest BCUT2D eigenvalue weighted by molar-refractivity contribution is 0.160. The Kier molecular flexibility index (Phi) is 3.11. The van der Waals surface area contributed by atoms with Crippen molar-refractivity contribution in [3.8, 4) is 0 Å². The molecule has 3 heteroatoms. The maximum atomic E-state index is 4.84. The highest BCUT2D eigenvalue weighted by Gasteiger charge is 1.93. The molecule has 1 aromatic rings. The molecule has 60 valence electrons. The van der Waals surface area contributed by atoms with Crippen molar-refractivity contribution < 1.29 is 4.84 Å². The molecule has 0 atom stereocenters. The quantitative estimate of drug-likeness (QED) is 0.503. The first-order valence-corrected chi connectivity index (χ1v) is 4.42. The SMILES string of the molecule is CCON=Cc1sccc1C. The van der Waals surface area contributed by atoms with E-state index >= 15 is 0 Å². The van der Waals surface area contributed by atoms with E-state index in [9.17, 15) is 0 Å². The Morgan fingerprint density at radius 3 is 3.09 bits per heavy atom. The van der Waals surface area contributed by atoms with E-state index in [1.54, 1.807) is 17.6 Å². The van der Waals surface area contributed by atoms with Gasteiger partial charge < -0.3 is 4.84 Å². The van der Waals surface area contributed by atoms with Crippen LogP contribution >= 0.6 is 11.3 Å². The van der Waals surface area contributed by atoms with Crippen molar-refractivity contribution in [2.75, 3.05) is 6.61 Å². The smallest absolute Gasteiger partial charge is 0.114 e. The molecule has 1 heterocycles. The standard InChI is InChI=1S/C8H11NOS/c1-3-10-9-6-8-7(2)4-5-11-8/h4-6H,3H2,1-2H3. The molecule has 0 fully saturated rings. The molecule has 0 saturated heterocycles. The fraction of sp³-hybridized carbons (Fsp3) is 0.375. The van der Waals surface area contributed by atoms with E-state index in [-0.39, 0.29) is 0 Å².